The first kappa shape index (κ1) is 19.1. The van der Waals surface area contributed by atoms with E-state index in [9.17, 15) is 29.9 Å². The van der Waals surface area contributed by atoms with Crippen LogP contribution in [0.4, 0.5) is 11.4 Å². The highest BCUT2D eigenvalue weighted by molar-refractivity contribution is 8.18. The first-order chi connectivity index (χ1) is 13.3. The monoisotopic (exact) mass is 399 g/mol. The molecule has 2 N–H and O–H groups in total. The van der Waals surface area contributed by atoms with Crippen molar-refractivity contribution < 1.29 is 24.7 Å². The Kier molecular flexibility index (Phi) is 5.14. The summed E-state index contributed by atoms with van der Waals surface area (Å²) in [5.41, 5.74) is 0.457. The zero-order chi connectivity index (χ0) is 20.4. The van der Waals surface area contributed by atoms with E-state index in [2.05, 4.69) is 4.99 Å². The van der Waals surface area contributed by atoms with Gasteiger partial charge in [-0.2, -0.15) is 0 Å². The average molecular weight is 399 g/mol. The quantitative estimate of drug-likeness (QED) is 0.458. The maximum Gasteiger partial charge on any atom is 0.338 e. The molecule has 1 heterocycles. The number of amidine groups is 1. The molecule has 10 heteroatoms. The lowest BCUT2D eigenvalue weighted by Crippen LogP contribution is -2.23. The molecule has 1 saturated heterocycles. The molecule has 2 aromatic rings. The molecule has 0 radical (unpaired) electrons. The minimum atomic E-state index is -1.26. The van der Waals surface area contributed by atoms with Crippen molar-refractivity contribution >= 4 is 46.3 Å². The van der Waals surface area contributed by atoms with Gasteiger partial charge in [0, 0.05) is 19.2 Å². The van der Waals surface area contributed by atoms with Crippen LogP contribution in [0.1, 0.15) is 15.9 Å². The van der Waals surface area contributed by atoms with E-state index in [1.807, 2.05) is 0 Å². The second-order valence-electron chi connectivity index (χ2n) is 5.72. The maximum absolute atomic E-state index is 12.4. The highest BCUT2D eigenvalue weighted by Crippen LogP contribution is 2.34. The van der Waals surface area contributed by atoms with Crippen molar-refractivity contribution in [1.82, 2.24) is 4.90 Å². The summed E-state index contributed by atoms with van der Waals surface area (Å²) in [6, 6.07) is 9.46. The fraction of sp³-hybridized carbons (Fsp3) is 0.0556. The molecule has 0 spiro atoms. The summed E-state index contributed by atoms with van der Waals surface area (Å²) in [5.74, 6) is -1.80. The minimum Gasteiger partial charge on any atom is -0.508 e. The number of carbonyl (C=O) groups excluding carboxylic acids is 1. The summed E-state index contributed by atoms with van der Waals surface area (Å²) in [7, 11) is 1.51. The molecular weight excluding hydrogens is 386 g/mol. The molecule has 1 amide bonds. The normalized spacial score (nSPS) is 16.8. The molecule has 1 aliphatic rings. The smallest absolute Gasteiger partial charge is 0.338 e. The Morgan fingerprint density at radius 1 is 1.25 bits per heavy atom. The number of nitro benzene ring substituents is 1. The van der Waals surface area contributed by atoms with E-state index in [0.717, 1.165) is 17.8 Å². The van der Waals surface area contributed by atoms with Gasteiger partial charge in [0.2, 0.25) is 0 Å². The van der Waals surface area contributed by atoms with Crippen molar-refractivity contribution in [2.45, 2.75) is 0 Å². The van der Waals surface area contributed by atoms with Crippen LogP contribution in [-0.4, -0.2) is 44.1 Å². The molecule has 3 rings (SSSR count). The van der Waals surface area contributed by atoms with Gasteiger partial charge in [-0.05, 0) is 53.7 Å². The number of rotatable bonds is 4. The van der Waals surface area contributed by atoms with Crippen LogP contribution < -0.4 is 0 Å². The van der Waals surface area contributed by atoms with Crippen molar-refractivity contribution in [1.29, 1.82) is 0 Å². The first-order valence-electron chi connectivity index (χ1n) is 7.83. The number of carbonyl (C=O) groups is 2. The summed E-state index contributed by atoms with van der Waals surface area (Å²) >= 11 is 1.05. The largest absolute Gasteiger partial charge is 0.508 e. The lowest BCUT2D eigenvalue weighted by molar-refractivity contribution is -0.384. The van der Waals surface area contributed by atoms with Gasteiger partial charge in [0.1, 0.15) is 5.75 Å². The number of hydrogen-bond donors (Lipinski definition) is 2. The highest BCUT2D eigenvalue weighted by atomic mass is 32.2. The van der Waals surface area contributed by atoms with E-state index in [1.54, 1.807) is 6.08 Å². The zero-order valence-electron chi connectivity index (χ0n) is 14.4. The number of nitro groups is 1. The van der Waals surface area contributed by atoms with E-state index >= 15 is 0 Å². The number of nitrogens with zero attached hydrogens (tertiary/aromatic N) is 3. The van der Waals surface area contributed by atoms with Crippen molar-refractivity contribution in [3.8, 4) is 5.75 Å². The Morgan fingerprint density at radius 2 is 1.93 bits per heavy atom. The molecule has 1 aliphatic heterocycles. The number of likely N-dealkylation sites (N-methyl/N-ethyl adjacent to an activating group) is 1. The number of carboxylic acids is 1. The molecule has 0 aliphatic carbocycles. The SMILES string of the molecule is CN1C(=O)/C(=C/c2ccc([N+](=O)[O-])cc2)SC1=Nc1ccc(O)cc1C(=O)O. The van der Waals surface area contributed by atoms with Gasteiger partial charge >= 0.3 is 5.97 Å². The average Bonchev–Trinajstić information content (AvgIpc) is 2.91. The van der Waals surface area contributed by atoms with Gasteiger partial charge in [-0.25, -0.2) is 9.79 Å². The van der Waals surface area contributed by atoms with Gasteiger partial charge in [0.05, 0.1) is 21.1 Å². The van der Waals surface area contributed by atoms with Crippen molar-refractivity contribution in [3.63, 3.8) is 0 Å². The maximum atomic E-state index is 12.4. The predicted molar refractivity (Wildman–Crippen MR) is 104 cm³/mol. The van der Waals surface area contributed by atoms with Crippen LogP contribution in [0.5, 0.6) is 5.75 Å². The van der Waals surface area contributed by atoms with Gasteiger partial charge in [-0.15, -0.1) is 0 Å². The third-order valence-electron chi connectivity index (χ3n) is 3.83. The van der Waals surface area contributed by atoms with Crippen molar-refractivity contribution in [3.05, 3.63) is 68.6 Å². The number of aromatic carboxylic acids is 1. The minimum absolute atomic E-state index is 0.0551. The number of non-ortho nitro benzene ring substituents is 1. The van der Waals surface area contributed by atoms with Gasteiger partial charge in [-0.1, -0.05) is 0 Å². The van der Waals surface area contributed by atoms with E-state index in [0.29, 0.717) is 10.5 Å². The Morgan fingerprint density at radius 3 is 2.54 bits per heavy atom. The Labute approximate surface area is 162 Å². The number of phenols is 1. The van der Waals surface area contributed by atoms with E-state index < -0.39 is 10.9 Å². The van der Waals surface area contributed by atoms with E-state index in [1.165, 1.54) is 48.3 Å². The first-order valence-corrected chi connectivity index (χ1v) is 8.65. The van der Waals surface area contributed by atoms with Gasteiger partial charge in [0.15, 0.2) is 5.17 Å². The summed E-state index contributed by atoms with van der Waals surface area (Å²) in [4.78, 5) is 39.9. The lowest BCUT2D eigenvalue weighted by Gasteiger charge is -2.08. The van der Waals surface area contributed by atoms with Gasteiger partial charge < -0.3 is 10.2 Å². The van der Waals surface area contributed by atoms with Crippen LogP contribution in [0.2, 0.25) is 0 Å². The predicted octanol–water partition coefficient (Wildman–Crippen LogP) is 3.23. The molecule has 2 aromatic carbocycles. The number of carboxylic acid groups (broad SMARTS) is 1. The van der Waals surface area contributed by atoms with Gasteiger partial charge in [-0.3, -0.25) is 19.8 Å². The van der Waals surface area contributed by atoms with E-state index in [4.69, 9.17) is 0 Å². The number of benzene rings is 2. The van der Waals surface area contributed by atoms with Crippen LogP contribution in [-0.2, 0) is 4.79 Å². The number of thioether (sulfide) groups is 1. The Balaban J connectivity index is 1.92. The molecule has 0 saturated carbocycles. The van der Waals surface area contributed by atoms with E-state index in [-0.39, 0.29) is 33.8 Å². The molecule has 0 unspecified atom stereocenters. The molecular formula is C18H13N3O6S. The lowest BCUT2D eigenvalue weighted by atomic mass is 10.2. The number of aromatic hydroxyl groups is 1. The summed E-state index contributed by atoms with van der Waals surface area (Å²) in [6.07, 6.45) is 1.57. The molecule has 0 atom stereocenters. The van der Waals surface area contributed by atoms with Crippen LogP contribution in [0, 0.1) is 10.1 Å². The molecule has 9 nitrogen and oxygen atoms in total. The molecule has 28 heavy (non-hydrogen) atoms. The standard InChI is InChI=1S/C18H13N3O6S/c1-20-16(23)15(8-10-2-4-11(5-3-10)21(26)27)28-18(20)19-14-7-6-12(22)9-13(14)17(24)25/h2-9,22H,1H3,(H,24,25)/b15-8-,19-18?. The topological polar surface area (TPSA) is 133 Å². The van der Waals surface area contributed by atoms with Crippen molar-refractivity contribution in [2.24, 2.45) is 4.99 Å². The van der Waals surface area contributed by atoms with Crippen LogP contribution in [0.15, 0.2) is 52.4 Å². The summed E-state index contributed by atoms with van der Waals surface area (Å²) in [5, 5.41) is 29.7. The molecule has 0 aromatic heterocycles. The number of hydrogen-bond acceptors (Lipinski definition) is 7. The third-order valence-corrected chi connectivity index (χ3v) is 4.89. The third kappa shape index (κ3) is 3.86. The molecule has 1 fully saturated rings. The van der Waals surface area contributed by atoms with Gasteiger partial charge in [0.25, 0.3) is 11.6 Å². The molecule has 142 valence electrons. The Hall–Kier alpha value is -3.66. The second-order valence-corrected chi connectivity index (χ2v) is 6.73. The summed E-state index contributed by atoms with van der Waals surface area (Å²) < 4.78 is 0. The fourth-order valence-corrected chi connectivity index (χ4v) is 3.37. The number of aliphatic imine (C=N–C) groups is 1. The summed E-state index contributed by atoms with van der Waals surface area (Å²) in [6.45, 7) is 0. The van der Waals surface area contributed by atoms with Crippen LogP contribution in [0.25, 0.3) is 6.08 Å². The number of phenolic OH excluding ortho intramolecular Hbond substituents is 1. The zero-order valence-corrected chi connectivity index (χ0v) is 15.2. The number of amides is 1. The highest BCUT2D eigenvalue weighted by Gasteiger charge is 2.30. The van der Waals surface area contributed by atoms with Crippen LogP contribution >= 0.6 is 11.8 Å². The second kappa shape index (κ2) is 7.53. The van der Waals surface area contributed by atoms with Crippen molar-refractivity contribution in [2.75, 3.05) is 7.05 Å². The van der Waals surface area contributed by atoms with Crippen LogP contribution in [0.3, 0.4) is 0 Å². The molecule has 0 bridgehead atoms. The Bertz CT molecular complexity index is 1050. The fourth-order valence-electron chi connectivity index (χ4n) is 2.39.